The summed E-state index contributed by atoms with van der Waals surface area (Å²) in [7, 11) is 0. The van der Waals surface area contributed by atoms with E-state index >= 15 is 0 Å². The molecule has 1 aromatic rings. The molecule has 0 unspecified atom stereocenters. The lowest BCUT2D eigenvalue weighted by molar-refractivity contribution is 0.752. The molecule has 4 heteroatoms. The van der Waals surface area contributed by atoms with Gasteiger partial charge in [0.15, 0.2) is 0 Å². The zero-order valence-electron chi connectivity index (χ0n) is 7.49. The predicted octanol–water partition coefficient (Wildman–Crippen LogP) is 3.94. The molecule has 14 heavy (non-hydrogen) atoms. The number of hydrogen-bond acceptors (Lipinski definition) is 1. The smallest absolute Gasteiger partial charge is 0.0410 e. The molecule has 0 amide bonds. The fourth-order valence-electron chi connectivity index (χ4n) is 1.01. The minimum absolute atomic E-state index is 0.598. The molecule has 0 atom stereocenters. The van der Waals surface area contributed by atoms with Crippen LogP contribution in [-0.2, 0) is 6.54 Å². The highest BCUT2D eigenvalue weighted by Crippen LogP contribution is 2.20. The summed E-state index contributed by atoms with van der Waals surface area (Å²) in [6, 6.07) is 5.68. The van der Waals surface area contributed by atoms with Crippen LogP contribution >= 0.6 is 39.1 Å². The van der Waals surface area contributed by atoms with Crippen LogP contribution in [0.5, 0.6) is 0 Å². The fraction of sp³-hybridized carbons (Fsp3) is 0.200. The third-order valence-electron chi connectivity index (χ3n) is 1.64. The van der Waals surface area contributed by atoms with Crippen molar-refractivity contribution in [3.63, 3.8) is 0 Å². The number of halogens is 3. The Balaban J connectivity index is 2.57. The Bertz CT molecular complexity index is 339. The van der Waals surface area contributed by atoms with Crippen LogP contribution in [0.4, 0.5) is 0 Å². The Morgan fingerprint density at radius 2 is 2.21 bits per heavy atom. The highest BCUT2D eigenvalue weighted by molar-refractivity contribution is 9.10. The van der Waals surface area contributed by atoms with Gasteiger partial charge in [0.1, 0.15) is 0 Å². The van der Waals surface area contributed by atoms with Crippen molar-refractivity contribution in [1.82, 2.24) is 5.32 Å². The lowest BCUT2D eigenvalue weighted by Gasteiger charge is -2.06. The lowest BCUT2D eigenvalue weighted by atomic mass is 10.2. The Hall–Kier alpha value is -0.0200. The van der Waals surface area contributed by atoms with Crippen LogP contribution in [0, 0.1) is 0 Å². The van der Waals surface area contributed by atoms with Gasteiger partial charge in [-0.05, 0) is 23.8 Å². The second-order valence-electron chi connectivity index (χ2n) is 2.86. The molecular formula is C10H10BrCl2N. The average molecular weight is 295 g/mol. The highest BCUT2D eigenvalue weighted by atomic mass is 79.9. The Kier molecular flexibility index (Phi) is 4.96. The molecule has 0 heterocycles. The first kappa shape index (κ1) is 12.1. The second-order valence-corrected chi connectivity index (χ2v) is 4.68. The highest BCUT2D eigenvalue weighted by Gasteiger charge is 2.00. The topological polar surface area (TPSA) is 12.0 Å². The van der Waals surface area contributed by atoms with Crippen LogP contribution in [0.15, 0.2) is 34.3 Å². The van der Waals surface area contributed by atoms with E-state index in [0.717, 1.165) is 15.1 Å². The number of hydrogen-bond donors (Lipinski definition) is 1. The maximum absolute atomic E-state index is 5.87. The molecule has 76 valence electrons. The monoisotopic (exact) mass is 293 g/mol. The summed E-state index contributed by atoms with van der Waals surface area (Å²) in [6.07, 6.45) is 0. The third-order valence-corrected chi connectivity index (χ3v) is 2.78. The van der Waals surface area contributed by atoms with Gasteiger partial charge >= 0.3 is 0 Å². The molecule has 0 aliphatic rings. The van der Waals surface area contributed by atoms with Crippen LogP contribution in [0.3, 0.4) is 0 Å². The van der Waals surface area contributed by atoms with Gasteiger partial charge in [-0.2, -0.15) is 0 Å². The van der Waals surface area contributed by atoms with Crippen LogP contribution < -0.4 is 5.32 Å². The zero-order chi connectivity index (χ0) is 10.6. The molecule has 1 aromatic carbocycles. The molecule has 0 aliphatic carbocycles. The summed E-state index contributed by atoms with van der Waals surface area (Å²) in [5, 5.41) is 4.48. The van der Waals surface area contributed by atoms with Gasteiger partial charge in [0.05, 0.1) is 0 Å². The molecule has 0 aromatic heterocycles. The van der Waals surface area contributed by atoms with Crippen LogP contribution in [0.2, 0.25) is 5.02 Å². The molecule has 1 N–H and O–H groups in total. The van der Waals surface area contributed by atoms with Crippen LogP contribution in [-0.4, -0.2) is 6.54 Å². The normalized spacial score (nSPS) is 10.2. The maximum atomic E-state index is 5.87. The van der Waals surface area contributed by atoms with Crippen LogP contribution in [0.25, 0.3) is 0 Å². The van der Waals surface area contributed by atoms with Gasteiger partial charge in [-0.3, -0.25) is 0 Å². The van der Waals surface area contributed by atoms with E-state index in [1.54, 1.807) is 0 Å². The van der Waals surface area contributed by atoms with E-state index in [1.807, 2.05) is 18.2 Å². The molecular weight excluding hydrogens is 285 g/mol. The van der Waals surface area contributed by atoms with Gasteiger partial charge in [0.2, 0.25) is 0 Å². The van der Waals surface area contributed by atoms with Crippen molar-refractivity contribution in [1.29, 1.82) is 0 Å². The van der Waals surface area contributed by atoms with Crippen molar-refractivity contribution < 1.29 is 0 Å². The van der Waals surface area contributed by atoms with Gasteiger partial charge < -0.3 is 5.32 Å². The summed E-state index contributed by atoms with van der Waals surface area (Å²) in [5.41, 5.74) is 1.11. The van der Waals surface area contributed by atoms with Crippen molar-refractivity contribution in [2.45, 2.75) is 6.54 Å². The summed E-state index contributed by atoms with van der Waals surface area (Å²) in [5.74, 6) is 0. The minimum atomic E-state index is 0.598. The van der Waals surface area contributed by atoms with E-state index in [1.165, 1.54) is 0 Å². The fourth-order valence-corrected chi connectivity index (χ4v) is 1.69. The molecule has 0 spiro atoms. The van der Waals surface area contributed by atoms with Crippen molar-refractivity contribution in [2.75, 3.05) is 6.54 Å². The van der Waals surface area contributed by atoms with Crippen LogP contribution in [0.1, 0.15) is 5.56 Å². The molecule has 0 radical (unpaired) electrons. The van der Waals surface area contributed by atoms with E-state index in [-0.39, 0.29) is 0 Å². The number of rotatable bonds is 4. The Morgan fingerprint density at radius 3 is 2.86 bits per heavy atom. The molecule has 0 saturated heterocycles. The van der Waals surface area contributed by atoms with Crippen molar-refractivity contribution >= 4 is 39.1 Å². The van der Waals surface area contributed by atoms with E-state index in [9.17, 15) is 0 Å². The third kappa shape index (κ3) is 4.01. The molecule has 0 bridgehead atoms. The Morgan fingerprint density at radius 1 is 1.50 bits per heavy atom. The first-order valence-corrected chi connectivity index (χ1v) is 5.62. The maximum Gasteiger partial charge on any atom is 0.0410 e. The first-order valence-electron chi connectivity index (χ1n) is 4.07. The standard InChI is InChI=1S/C10H10BrCl2N/c1-7(12)5-14-6-8-4-9(13)2-3-10(8)11/h2-4,14H,1,5-6H2. The van der Waals surface area contributed by atoms with Crippen molar-refractivity contribution in [3.8, 4) is 0 Å². The SMILES string of the molecule is C=C(Cl)CNCc1cc(Cl)ccc1Br. The van der Waals surface area contributed by atoms with Gasteiger partial charge in [-0.15, -0.1) is 0 Å². The van der Waals surface area contributed by atoms with E-state index in [4.69, 9.17) is 23.2 Å². The summed E-state index contributed by atoms with van der Waals surface area (Å²) in [4.78, 5) is 0. The summed E-state index contributed by atoms with van der Waals surface area (Å²) >= 11 is 14.9. The number of nitrogens with one attached hydrogen (secondary N) is 1. The second kappa shape index (κ2) is 5.76. The van der Waals surface area contributed by atoms with E-state index < -0.39 is 0 Å². The lowest BCUT2D eigenvalue weighted by Crippen LogP contribution is -2.14. The average Bonchev–Trinajstić information content (AvgIpc) is 2.10. The van der Waals surface area contributed by atoms with Gasteiger partial charge in [-0.25, -0.2) is 0 Å². The number of benzene rings is 1. The Labute approximate surface area is 102 Å². The molecule has 0 fully saturated rings. The van der Waals surface area contributed by atoms with E-state index in [0.29, 0.717) is 18.1 Å². The largest absolute Gasteiger partial charge is 0.308 e. The van der Waals surface area contributed by atoms with Gasteiger partial charge in [-0.1, -0.05) is 45.7 Å². The summed E-state index contributed by atoms with van der Waals surface area (Å²) in [6.45, 7) is 4.90. The summed E-state index contributed by atoms with van der Waals surface area (Å²) < 4.78 is 1.04. The predicted molar refractivity (Wildman–Crippen MR) is 65.9 cm³/mol. The first-order chi connectivity index (χ1) is 6.59. The van der Waals surface area contributed by atoms with Crippen molar-refractivity contribution in [3.05, 3.63) is 44.9 Å². The quantitative estimate of drug-likeness (QED) is 0.887. The van der Waals surface area contributed by atoms with E-state index in [2.05, 4.69) is 27.8 Å². The molecule has 0 saturated carbocycles. The molecule has 0 aliphatic heterocycles. The van der Waals surface area contributed by atoms with Crippen molar-refractivity contribution in [2.24, 2.45) is 0 Å². The molecule has 1 rings (SSSR count). The zero-order valence-corrected chi connectivity index (χ0v) is 10.6. The van der Waals surface area contributed by atoms with Gasteiger partial charge in [0.25, 0.3) is 0 Å². The molecule has 1 nitrogen and oxygen atoms in total. The van der Waals surface area contributed by atoms with Gasteiger partial charge in [0, 0.05) is 27.6 Å². The minimum Gasteiger partial charge on any atom is -0.308 e.